The molecule has 0 aliphatic rings. The fourth-order valence-corrected chi connectivity index (χ4v) is 2.46. The quantitative estimate of drug-likeness (QED) is 0.923. The van der Waals surface area contributed by atoms with Gasteiger partial charge >= 0.3 is 0 Å². The first-order valence-electron chi connectivity index (χ1n) is 6.46. The molecule has 0 aliphatic heterocycles. The topological polar surface area (TPSA) is 43.4 Å². The zero-order valence-corrected chi connectivity index (χ0v) is 13.1. The SMILES string of the molecule is CNc1cc(C(C)C)nc2c(OC)cc(OC)c(Cl)c12. The standard InChI is InChI=1S/C15H19ClN2O2/c1-8(2)9-6-10(17-3)13-14(16)11(19-4)7-12(20-5)15(13)18-9/h6-8H,1-5H3,(H,17,18). The first kappa shape index (κ1) is 14.7. The Morgan fingerprint density at radius 2 is 1.80 bits per heavy atom. The molecule has 4 nitrogen and oxygen atoms in total. The zero-order chi connectivity index (χ0) is 14.9. The molecule has 0 atom stereocenters. The average Bonchev–Trinajstić information content (AvgIpc) is 2.46. The molecule has 0 aliphatic carbocycles. The number of nitrogens with one attached hydrogen (secondary N) is 1. The van der Waals surface area contributed by atoms with E-state index in [-0.39, 0.29) is 0 Å². The van der Waals surface area contributed by atoms with Crippen LogP contribution in [0.4, 0.5) is 5.69 Å². The van der Waals surface area contributed by atoms with E-state index in [0.717, 1.165) is 22.3 Å². The van der Waals surface area contributed by atoms with Crippen LogP contribution in [0.25, 0.3) is 10.9 Å². The average molecular weight is 295 g/mol. The molecule has 1 heterocycles. The molecule has 20 heavy (non-hydrogen) atoms. The van der Waals surface area contributed by atoms with Crippen LogP contribution in [0, 0.1) is 0 Å². The number of hydrogen-bond donors (Lipinski definition) is 1. The summed E-state index contributed by atoms with van der Waals surface area (Å²) in [6.07, 6.45) is 0. The second-order valence-corrected chi connectivity index (χ2v) is 5.20. The largest absolute Gasteiger partial charge is 0.495 e. The van der Waals surface area contributed by atoms with Crippen LogP contribution in [0.1, 0.15) is 25.5 Å². The molecule has 2 rings (SSSR count). The maximum absolute atomic E-state index is 6.43. The lowest BCUT2D eigenvalue weighted by Crippen LogP contribution is -2.01. The molecule has 2 aromatic rings. The molecule has 0 fully saturated rings. The minimum Gasteiger partial charge on any atom is -0.495 e. The highest BCUT2D eigenvalue weighted by Gasteiger charge is 2.18. The number of hydrogen-bond acceptors (Lipinski definition) is 4. The fourth-order valence-electron chi connectivity index (χ4n) is 2.14. The van der Waals surface area contributed by atoms with E-state index in [1.54, 1.807) is 20.3 Å². The van der Waals surface area contributed by atoms with Gasteiger partial charge in [0.1, 0.15) is 17.0 Å². The molecule has 0 bridgehead atoms. The number of pyridine rings is 1. The van der Waals surface area contributed by atoms with E-state index in [9.17, 15) is 0 Å². The summed E-state index contributed by atoms with van der Waals surface area (Å²) in [4.78, 5) is 4.69. The molecule has 1 N–H and O–H groups in total. The van der Waals surface area contributed by atoms with E-state index in [2.05, 4.69) is 24.1 Å². The van der Waals surface area contributed by atoms with Crippen LogP contribution in [0.15, 0.2) is 12.1 Å². The monoisotopic (exact) mass is 294 g/mol. The van der Waals surface area contributed by atoms with Crippen LogP contribution in [0.5, 0.6) is 11.5 Å². The van der Waals surface area contributed by atoms with Crippen LogP contribution >= 0.6 is 11.6 Å². The Labute approximate surface area is 124 Å². The number of anilines is 1. The summed E-state index contributed by atoms with van der Waals surface area (Å²) in [5.41, 5.74) is 2.65. The molecule has 0 radical (unpaired) electrons. The van der Waals surface area contributed by atoms with Crippen LogP contribution in [0.2, 0.25) is 5.02 Å². The van der Waals surface area contributed by atoms with Gasteiger partial charge in [-0.05, 0) is 12.0 Å². The molecular weight excluding hydrogens is 276 g/mol. The van der Waals surface area contributed by atoms with Gasteiger partial charge in [0.15, 0.2) is 0 Å². The second-order valence-electron chi connectivity index (χ2n) is 4.82. The van der Waals surface area contributed by atoms with Crippen molar-refractivity contribution in [3.05, 3.63) is 22.8 Å². The number of halogens is 1. The predicted molar refractivity (Wildman–Crippen MR) is 83.5 cm³/mol. The summed E-state index contributed by atoms with van der Waals surface area (Å²) >= 11 is 6.43. The Kier molecular flexibility index (Phi) is 4.23. The molecule has 0 unspecified atom stereocenters. The third-order valence-corrected chi connectivity index (χ3v) is 3.65. The number of ether oxygens (including phenoxy) is 2. The molecular formula is C15H19ClN2O2. The van der Waals surface area contributed by atoms with Crippen molar-refractivity contribution in [3.63, 3.8) is 0 Å². The van der Waals surface area contributed by atoms with Crippen LogP contribution in [-0.4, -0.2) is 26.3 Å². The summed E-state index contributed by atoms with van der Waals surface area (Å²) in [6.45, 7) is 4.20. The lowest BCUT2D eigenvalue weighted by Gasteiger charge is -2.16. The molecule has 1 aromatic heterocycles. The molecule has 108 valence electrons. The summed E-state index contributed by atoms with van der Waals surface area (Å²) < 4.78 is 10.7. The number of methoxy groups -OCH3 is 2. The number of nitrogens with zero attached hydrogens (tertiary/aromatic N) is 1. The Bertz CT molecular complexity index is 642. The maximum atomic E-state index is 6.43. The van der Waals surface area contributed by atoms with Crippen molar-refractivity contribution in [1.29, 1.82) is 0 Å². The van der Waals surface area contributed by atoms with E-state index in [1.807, 2.05) is 13.1 Å². The van der Waals surface area contributed by atoms with Gasteiger partial charge in [-0.25, -0.2) is 4.98 Å². The number of benzene rings is 1. The number of aromatic nitrogens is 1. The highest BCUT2D eigenvalue weighted by Crippen LogP contribution is 2.42. The first-order chi connectivity index (χ1) is 9.53. The number of fused-ring (bicyclic) bond motifs is 1. The summed E-state index contributed by atoms with van der Waals surface area (Å²) in [6, 6.07) is 3.78. The van der Waals surface area contributed by atoms with Gasteiger partial charge in [-0.1, -0.05) is 25.4 Å². The second kappa shape index (κ2) is 5.75. The molecule has 0 spiro atoms. The van der Waals surface area contributed by atoms with Gasteiger partial charge in [0.05, 0.1) is 19.2 Å². The van der Waals surface area contributed by atoms with Crippen LogP contribution in [-0.2, 0) is 0 Å². The van der Waals surface area contributed by atoms with Crippen molar-refractivity contribution in [1.82, 2.24) is 4.98 Å². The lowest BCUT2D eigenvalue weighted by molar-refractivity contribution is 0.397. The van der Waals surface area contributed by atoms with Crippen molar-refractivity contribution >= 4 is 28.2 Å². The van der Waals surface area contributed by atoms with Crippen LogP contribution in [0.3, 0.4) is 0 Å². The highest BCUT2D eigenvalue weighted by atomic mass is 35.5. The van der Waals surface area contributed by atoms with Gasteiger partial charge in [0.25, 0.3) is 0 Å². The summed E-state index contributed by atoms with van der Waals surface area (Å²) in [5.74, 6) is 1.55. The van der Waals surface area contributed by atoms with Gasteiger partial charge in [-0.3, -0.25) is 0 Å². The third kappa shape index (κ3) is 2.36. The Morgan fingerprint density at radius 1 is 1.15 bits per heavy atom. The molecule has 0 amide bonds. The summed E-state index contributed by atoms with van der Waals surface area (Å²) in [5, 5.41) is 4.53. The Morgan fingerprint density at radius 3 is 2.30 bits per heavy atom. The van der Waals surface area contributed by atoms with Gasteiger partial charge < -0.3 is 14.8 Å². The lowest BCUT2D eigenvalue weighted by atomic mass is 10.1. The van der Waals surface area contributed by atoms with Gasteiger partial charge in [0, 0.05) is 29.9 Å². The van der Waals surface area contributed by atoms with Gasteiger partial charge in [-0.2, -0.15) is 0 Å². The van der Waals surface area contributed by atoms with Crippen molar-refractivity contribution in [2.24, 2.45) is 0 Å². The molecule has 0 saturated carbocycles. The smallest absolute Gasteiger partial charge is 0.148 e. The fraction of sp³-hybridized carbons (Fsp3) is 0.400. The van der Waals surface area contributed by atoms with Crippen LogP contribution < -0.4 is 14.8 Å². The summed E-state index contributed by atoms with van der Waals surface area (Å²) in [7, 11) is 5.06. The molecule has 0 saturated heterocycles. The van der Waals surface area contributed by atoms with Crippen molar-refractivity contribution in [2.75, 3.05) is 26.6 Å². The van der Waals surface area contributed by atoms with Crippen molar-refractivity contribution in [3.8, 4) is 11.5 Å². The Balaban J connectivity index is 2.91. The Hall–Kier alpha value is -1.68. The minimum absolute atomic E-state index is 0.317. The normalized spacial score (nSPS) is 10.9. The molecule has 5 heteroatoms. The third-order valence-electron chi connectivity index (χ3n) is 3.27. The first-order valence-corrected chi connectivity index (χ1v) is 6.84. The highest BCUT2D eigenvalue weighted by molar-refractivity contribution is 6.38. The van der Waals surface area contributed by atoms with E-state index >= 15 is 0 Å². The zero-order valence-electron chi connectivity index (χ0n) is 12.4. The predicted octanol–water partition coefficient (Wildman–Crippen LogP) is 4.07. The van der Waals surface area contributed by atoms with E-state index < -0.39 is 0 Å². The van der Waals surface area contributed by atoms with Crippen molar-refractivity contribution < 1.29 is 9.47 Å². The van der Waals surface area contributed by atoms with E-state index in [4.69, 9.17) is 21.1 Å². The van der Waals surface area contributed by atoms with Gasteiger partial charge in [0.2, 0.25) is 0 Å². The van der Waals surface area contributed by atoms with Gasteiger partial charge in [-0.15, -0.1) is 0 Å². The maximum Gasteiger partial charge on any atom is 0.148 e. The van der Waals surface area contributed by atoms with E-state index in [0.29, 0.717) is 22.4 Å². The van der Waals surface area contributed by atoms with E-state index in [1.165, 1.54) is 0 Å². The molecule has 1 aromatic carbocycles. The van der Waals surface area contributed by atoms with Crippen molar-refractivity contribution in [2.45, 2.75) is 19.8 Å². The number of rotatable bonds is 4. The minimum atomic E-state index is 0.317.